The van der Waals surface area contributed by atoms with Crippen molar-refractivity contribution >= 4 is 29.9 Å². The Bertz CT molecular complexity index is 345. The monoisotopic (exact) mass is 420 g/mol. The molecular formula is C17H33IN4. The van der Waals surface area contributed by atoms with Gasteiger partial charge in [0.15, 0.2) is 5.96 Å². The van der Waals surface area contributed by atoms with Crippen molar-refractivity contribution in [2.75, 3.05) is 33.2 Å². The zero-order valence-corrected chi connectivity index (χ0v) is 16.4. The summed E-state index contributed by atoms with van der Waals surface area (Å²) in [5, 5.41) is 6.84. The molecule has 1 aliphatic heterocycles. The van der Waals surface area contributed by atoms with E-state index in [1.807, 2.05) is 13.1 Å². The minimum absolute atomic E-state index is 0. The number of likely N-dealkylation sites (tertiary alicyclic amines) is 1. The molecule has 0 aromatic rings. The van der Waals surface area contributed by atoms with Gasteiger partial charge in [-0.25, -0.2) is 0 Å². The van der Waals surface area contributed by atoms with Crippen LogP contribution < -0.4 is 10.6 Å². The Morgan fingerprint density at radius 3 is 2.32 bits per heavy atom. The second kappa shape index (κ2) is 10.5. The topological polar surface area (TPSA) is 39.7 Å². The molecule has 22 heavy (non-hydrogen) atoms. The standard InChI is InChI=1S/C17H32N4.HI/c1-3-12-19-16(18-2)20-15-17(10-6-4-7-11-17)21-13-8-5-9-14-21;/h3H,1,4-15H2,2H3,(H2,18,19,20);1H. The summed E-state index contributed by atoms with van der Waals surface area (Å²) in [7, 11) is 1.84. The van der Waals surface area contributed by atoms with Crippen molar-refractivity contribution in [3.8, 4) is 0 Å². The van der Waals surface area contributed by atoms with E-state index in [2.05, 4.69) is 27.1 Å². The summed E-state index contributed by atoms with van der Waals surface area (Å²) in [4.78, 5) is 7.08. The molecule has 128 valence electrons. The fourth-order valence-corrected chi connectivity index (χ4v) is 3.82. The molecule has 1 heterocycles. The molecule has 2 N–H and O–H groups in total. The maximum absolute atomic E-state index is 4.31. The fraction of sp³-hybridized carbons (Fsp3) is 0.824. The number of hydrogen-bond donors (Lipinski definition) is 2. The molecule has 5 heteroatoms. The molecule has 2 rings (SSSR count). The largest absolute Gasteiger partial charge is 0.355 e. The third kappa shape index (κ3) is 5.41. The molecule has 2 fully saturated rings. The summed E-state index contributed by atoms with van der Waals surface area (Å²) in [5.41, 5.74) is 0.352. The van der Waals surface area contributed by atoms with Gasteiger partial charge in [-0.05, 0) is 38.8 Å². The van der Waals surface area contributed by atoms with Crippen LogP contribution in [0.3, 0.4) is 0 Å². The van der Waals surface area contributed by atoms with Gasteiger partial charge in [-0.15, -0.1) is 30.6 Å². The molecule has 1 saturated carbocycles. The van der Waals surface area contributed by atoms with Gasteiger partial charge in [-0.1, -0.05) is 31.8 Å². The van der Waals surface area contributed by atoms with Gasteiger partial charge in [0, 0.05) is 25.7 Å². The van der Waals surface area contributed by atoms with Crippen molar-refractivity contribution in [3.05, 3.63) is 12.7 Å². The van der Waals surface area contributed by atoms with E-state index in [1.165, 1.54) is 64.5 Å². The van der Waals surface area contributed by atoms with Crippen LogP contribution in [0, 0.1) is 0 Å². The smallest absolute Gasteiger partial charge is 0.191 e. The maximum atomic E-state index is 4.31. The first-order valence-electron chi connectivity index (χ1n) is 8.61. The average molecular weight is 420 g/mol. The molecule has 0 radical (unpaired) electrons. The second-order valence-corrected chi connectivity index (χ2v) is 6.43. The molecule has 0 bridgehead atoms. The van der Waals surface area contributed by atoms with E-state index in [0.717, 1.165) is 19.0 Å². The van der Waals surface area contributed by atoms with Crippen LogP contribution in [0.1, 0.15) is 51.4 Å². The Balaban J connectivity index is 0.00000242. The van der Waals surface area contributed by atoms with Crippen LogP contribution in [0.5, 0.6) is 0 Å². The Morgan fingerprint density at radius 2 is 1.73 bits per heavy atom. The zero-order chi connectivity index (χ0) is 15.0. The summed E-state index contributed by atoms with van der Waals surface area (Å²) >= 11 is 0. The minimum Gasteiger partial charge on any atom is -0.355 e. The second-order valence-electron chi connectivity index (χ2n) is 6.43. The molecule has 1 saturated heterocycles. The lowest BCUT2D eigenvalue weighted by molar-refractivity contribution is 0.0368. The highest BCUT2D eigenvalue weighted by molar-refractivity contribution is 14.0. The number of nitrogens with zero attached hydrogens (tertiary/aromatic N) is 2. The van der Waals surface area contributed by atoms with Crippen molar-refractivity contribution in [1.82, 2.24) is 15.5 Å². The van der Waals surface area contributed by atoms with E-state index in [0.29, 0.717) is 5.54 Å². The molecule has 0 amide bonds. The number of halogens is 1. The summed E-state index contributed by atoms with van der Waals surface area (Å²) in [6.07, 6.45) is 12.8. The van der Waals surface area contributed by atoms with Crippen LogP contribution in [0.25, 0.3) is 0 Å². The van der Waals surface area contributed by atoms with Gasteiger partial charge >= 0.3 is 0 Å². The van der Waals surface area contributed by atoms with E-state index in [4.69, 9.17) is 0 Å². The van der Waals surface area contributed by atoms with Crippen LogP contribution in [0.15, 0.2) is 17.6 Å². The Morgan fingerprint density at radius 1 is 1.09 bits per heavy atom. The lowest BCUT2D eigenvalue weighted by Gasteiger charge is -2.48. The first-order valence-corrected chi connectivity index (χ1v) is 8.61. The van der Waals surface area contributed by atoms with Gasteiger partial charge in [0.1, 0.15) is 0 Å². The molecule has 2 aliphatic rings. The van der Waals surface area contributed by atoms with Crippen molar-refractivity contribution in [2.24, 2.45) is 4.99 Å². The van der Waals surface area contributed by atoms with Crippen LogP contribution >= 0.6 is 24.0 Å². The molecule has 0 aromatic heterocycles. The van der Waals surface area contributed by atoms with Gasteiger partial charge in [0.25, 0.3) is 0 Å². The number of guanidine groups is 1. The summed E-state index contributed by atoms with van der Waals surface area (Å²) in [6.45, 7) is 8.08. The summed E-state index contributed by atoms with van der Waals surface area (Å²) in [6, 6.07) is 0. The van der Waals surface area contributed by atoms with Gasteiger partial charge in [0.2, 0.25) is 0 Å². The predicted octanol–water partition coefficient (Wildman–Crippen LogP) is 3.14. The van der Waals surface area contributed by atoms with Crippen molar-refractivity contribution in [1.29, 1.82) is 0 Å². The zero-order valence-electron chi connectivity index (χ0n) is 14.1. The number of hydrogen-bond acceptors (Lipinski definition) is 2. The van der Waals surface area contributed by atoms with Crippen LogP contribution in [-0.2, 0) is 0 Å². The minimum atomic E-state index is 0. The highest BCUT2D eigenvalue weighted by Crippen LogP contribution is 2.35. The van der Waals surface area contributed by atoms with E-state index in [-0.39, 0.29) is 24.0 Å². The van der Waals surface area contributed by atoms with E-state index < -0.39 is 0 Å². The molecular weight excluding hydrogens is 387 g/mol. The first kappa shape index (κ1) is 19.7. The third-order valence-corrected chi connectivity index (χ3v) is 5.03. The average Bonchev–Trinajstić information content (AvgIpc) is 2.57. The van der Waals surface area contributed by atoms with Crippen LogP contribution in [0.2, 0.25) is 0 Å². The van der Waals surface area contributed by atoms with E-state index in [9.17, 15) is 0 Å². The number of rotatable bonds is 5. The molecule has 0 unspecified atom stereocenters. The van der Waals surface area contributed by atoms with Crippen molar-refractivity contribution < 1.29 is 0 Å². The van der Waals surface area contributed by atoms with Gasteiger partial charge in [-0.2, -0.15) is 0 Å². The normalized spacial score (nSPS) is 22.5. The Labute approximate surface area is 153 Å². The molecule has 4 nitrogen and oxygen atoms in total. The van der Waals surface area contributed by atoms with E-state index >= 15 is 0 Å². The third-order valence-electron chi connectivity index (χ3n) is 5.03. The Kier molecular flexibility index (Phi) is 9.40. The van der Waals surface area contributed by atoms with E-state index in [1.54, 1.807) is 0 Å². The lowest BCUT2D eigenvalue weighted by atomic mass is 9.79. The number of aliphatic imine (C=N–C) groups is 1. The molecule has 1 aliphatic carbocycles. The molecule has 0 spiro atoms. The first-order chi connectivity index (χ1) is 10.3. The van der Waals surface area contributed by atoms with Gasteiger partial charge in [0.05, 0.1) is 0 Å². The Hall–Kier alpha value is -0.300. The summed E-state index contributed by atoms with van der Waals surface area (Å²) in [5.74, 6) is 0.900. The number of nitrogens with one attached hydrogen (secondary N) is 2. The number of piperidine rings is 1. The predicted molar refractivity (Wildman–Crippen MR) is 106 cm³/mol. The van der Waals surface area contributed by atoms with Crippen LogP contribution in [-0.4, -0.2) is 49.6 Å². The van der Waals surface area contributed by atoms with Crippen LogP contribution in [0.4, 0.5) is 0 Å². The lowest BCUT2D eigenvalue weighted by Crippen LogP contribution is -2.59. The van der Waals surface area contributed by atoms with Gasteiger partial charge < -0.3 is 10.6 Å². The highest BCUT2D eigenvalue weighted by atomic mass is 127. The quantitative estimate of drug-likeness (QED) is 0.311. The molecule has 0 aromatic carbocycles. The highest BCUT2D eigenvalue weighted by Gasteiger charge is 2.38. The fourth-order valence-electron chi connectivity index (χ4n) is 3.82. The van der Waals surface area contributed by atoms with Crippen molar-refractivity contribution in [2.45, 2.75) is 56.9 Å². The van der Waals surface area contributed by atoms with Gasteiger partial charge in [-0.3, -0.25) is 9.89 Å². The van der Waals surface area contributed by atoms with Crippen molar-refractivity contribution in [3.63, 3.8) is 0 Å². The molecule has 0 atom stereocenters. The SMILES string of the molecule is C=CCNC(=NC)NCC1(N2CCCCC2)CCCCC1.I. The maximum Gasteiger partial charge on any atom is 0.191 e. The summed E-state index contributed by atoms with van der Waals surface area (Å²) < 4.78 is 0.